The third-order valence-electron chi connectivity index (χ3n) is 2.54. The number of benzene rings is 1. The maximum Gasteiger partial charge on any atom is 0.273 e. The van der Waals surface area contributed by atoms with Crippen LogP contribution in [-0.2, 0) is 0 Å². The second-order valence-electron chi connectivity index (χ2n) is 4.73. The van der Waals surface area contributed by atoms with Gasteiger partial charge in [-0.1, -0.05) is 31.1 Å². The molecule has 100 valence electrons. The number of phenolic OH excluding ortho intramolecular Hbond substituents is 1. The van der Waals surface area contributed by atoms with Crippen LogP contribution in [-0.4, -0.2) is 22.7 Å². The standard InChI is InChI=1S/C14H16N2O3/c1-9(2)8-15-14(18)12-7-13(19-16-12)10-4-3-5-11(17)6-10/h3-7,9,17H,8H2,1-2H3,(H,15,18). The van der Waals surface area contributed by atoms with Crippen molar-refractivity contribution in [3.63, 3.8) is 0 Å². The molecule has 0 fully saturated rings. The average Bonchev–Trinajstić information content (AvgIpc) is 2.85. The maximum atomic E-state index is 11.8. The van der Waals surface area contributed by atoms with Crippen molar-refractivity contribution in [1.82, 2.24) is 10.5 Å². The van der Waals surface area contributed by atoms with Crippen molar-refractivity contribution in [2.75, 3.05) is 6.54 Å². The molecule has 0 aliphatic heterocycles. The van der Waals surface area contributed by atoms with Crippen LogP contribution in [0, 0.1) is 5.92 Å². The minimum absolute atomic E-state index is 0.139. The van der Waals surface area contributed by atoms with Gasteiger partial charge in [-0.05, 0) is 18.1 Å². The highest BCUT2D eigenvalue weighted by molar-refractivity contribution is 5.93. The fraction of sp³-hybridized carbons (Fsp3) is 0.286. The number of aromatic nitrogens is 1. The molecule has 19 heavy (non-hydrogen) atoms. The summed E-state index contributed by atoms with van der Waals surface area (Å²) in [7, 11) is 0. The Kier molecular flexibility index (Phi) is 3.85. The van der Waals surface area contributed by atoms with Crippen LogP contribution in [0.2, 0.25) is 0 Å². The van der Waals surface area contributed by atoms with Gasteiger partial charge in [0.05, 0.1) is 0 Å². The Morgan fingerprint density at radius 1 is 1.42 bits per heavy atom. The minimum Gasteiger partial charge on any atom is -0.508 e. The Morgan fingerprint density at radius 2 is 2.21 bits per heavy atom. The van der Waals surface area contributed by atoms with Gasteiger partial charge in [-0.15, -0.1) is 0 Å². The monoisotopic (exact) mass is 260 g/mol. The highest BCUT2D eigenvalue weighted by atomic mass is 16.5. The number of carbonyl (C=O) groups is 1. The molecule has 0 unspecified atom stereocenters. The van der Waals surface area contributed by atoms with E-state index < -0.39 is 0 Å². The molecule has 5 nitrogen and oxygen atoms in total. The van der Waals surface area contributed by atoms with Crippen molar-refractivity contribution >= 4 is 5.91 Å². The van der Waals surface area contributed by atoms with Crippen molar-refractivity contribution < 1.29 is 14.4 Å². The lowest BCUT2D eigenvalue weighted by Crippen LogP contribution is -2.27. The molecule has 0 radical (unpaired) electrons. The molecule has 5 heteroatoms. The molecule has 1 amide bonds. The lowest BCUT2D eigenvalue weighted by atomic mass is 10.1. The van der Waals surface area contributed by atoms with Gasteiger partial charge in [0.25, 0.3) is 5.91 Å². The molecule has 1 aromatic heterocycles. The Labute approximate surface area is 111 Å². The lowest BCUT2D eigenvalue weighted by Gasteiger charge is -2.04. The van der Waals surface area contributed by atoms with Crippen LogP contribution in [0.1, 0.15) is 24.3 Å². The summed E-state index contributed by atoms with van der Waals surface area (Å²) in [5.74, 6) is 0.704. The fourth-order valence-corrected chi connectivity index (χ4v) is 1.56. The largest absolute Gasteiger partial charge is 0.508 e. The molecule has 0 saturated heterocycles. The van der Waals surface area contributed by atoms with E-state index in [1.165, 1.54) is 0 Å². The molecule has 0 spiro atoms. The van der Waals surface area contributed by atoms with Crippen molar-refractivity contribution in [3.8, 4) is 17.1 Å². The van der Waals surface area contributed by atoms with Crippen molar-refractivity contribution in [3.05, 3.63) is 36.0 Å². The van der Waals surface area contributed by atoms with Gasteiger partial charge < -0.3 is 14.9 Å². The van der Waals surface area contributed by atoms with E-state index in [0.29, 0.717) is 23.8 Å². The Hall–Kier alpha value is -2.30. The van der Waals surface area contributed by atoms with Crippen LogP contribution >= 0.6 is 0 Å². The summed E-state index contributed by atoms with van der Waals surface area (Å²) < 4.78 is 5.11. The first-order valence-electron chi connectivity index (χ1n) is 6.10. The molecule has 2 rings (SSSR count). The second-order valence-corrected chi connectivity index (χ2v) is 4.73. The number of nitrogens with one attached hydrogen (secondary N) is 1. The van der Waals surface area contributed by atoms with Gasteiger partial charge >= 0.3 is 0 Å². The highest BCUT2D eigenvalue weighted by Gasteiger charge is 2.13. The molecular weight excluding hydrogens is 244 g/mol. The normalized spacial score (nSPS) is 10.7. The summed E-state index contributed by atoms with van der Waals surface area (Å²) in [6, 6.07) is 8.15. The van der Waals surface area contributed by atoms with E-state index in [9.17, 15) is 9.90 Å². The highest BCUT2D eigenvalue weighted by Crippen LogP contribution is 2.23. The van der Waals surface area contributed by atoms with Crippen molar-refractivity contribution in [2.45, 2.75) is 13.8 Å². The van der Waals surface area contributed by atoms with Gasteiger partial charge in [0.2, 0.25) is 0 Å². The van der Waals surface area contributed by atoms with Gasteiger partial charge in [-0.25, -0.2) is 0 Å². The van der Waals surface area contributed by atoms with Crippen LogP contribution in [0.3, 0.4) is 0 Å². The number of amides is 1. The summed E-state index contributed by atoms with van der Waals surface area (Å²) in [6.07, 6.45) is 0. The predicted octanol–water partition coefficient (Wildman–Crippen LogP) is 2.43. The molecule has 0 aliphatic carbocycles. The van der Waals surface area contributed by atoms with Gasteiger partial charge in [0.1, 0.15) is 5.75 Å². The summed E-state index contributed by atoms with van der Waals surface area (Å²) in [5.41, 5.74) is 0.911. The van der Waals surface area contributed by atoms with Gasteiger partial charge in [-0.2, -0.15) is 0 Å². The Bertz CT molecular complexity index is 576. The lowest BCUT2D eigenvalue weighted by molar-refractivity contribution is 0.0940. The van der Waals surface area contributed by atoms with E-state index in [2.05, 4.69) is 10.5 Å². The van der Waals surface area contributed by atoms with Gasteiger partial charge in [-0.3, -0.25) is 4.79 Å². The molecule has 2 N–H and O–H groups in total. The maximum absolute atomic E-state index is 11.8. The number of phenols is 1. The number of hydrogen-bond donors (Lipinski definition) is 2. The van der Waals surface area contributed by atoms with Crippen LogP contribution in [0.5, 0.6) is 5.75 Å². The van der Waals surface area contributed by atoms with Crippen LogP contribution in [0.15, 0.2) is 34.9 Å². The molecule has 0 saturated carbocycles. The van der Waals surface area contributed by atoms with E-state index >= 15 is 0 Å². The Morgan fingerprint density at radius 3 is 2.89 bits per heavy atom. The zero-order chi connectivity index (χ0) is 13.8. The fourth-order valence-electron chi connectivity index (χ4n) is 1.56. The summed E-state index contributed by atoms with van der Waals surface area (Å²) >= 11 is 0. The number of nitrogens with zero attached hydrogens (tertiary/aromatic N) is 1. The van der Waals surface area contributed by atoms with Crippen molar-refractivity contribution in [2.24, 2.45) is 5.92 Å². The summed E-state index contributed by atoms with van der Waals surface area (Å²) in [6.45, 7) is 4.62. The minimum atomic E-state index is -0.260. The zero-order valence-electron chi connectivity index (χ0n) is 10.9. The first kappa shape index (κ1) is 13.1. The van der Waals surface area contributed by atoms with E-state index in [4.69, 9.17) is 4.52 Å². The zero-order valence-corrected chi connectivity index (χ0v) is 10.9. The summed E-state index contributed by atoms with van der Waals surface area (Å²) in [4.78, 5) is 11.8. The molecule has 0 bridgehead atoms. The van der Waals surface area contributed by atoms with Crippen molar-refractivity contribution in [1.29, 1.82) is 0 Å². The quantitative estimate of drug-likeness (QED) is 0.885. The van der Waals surface area contributed by atoms with E-state index in [1.54, 1.807) is 30.3 Å². The first-order chi connectivity index (χ1) is 9.06. The van der Waals surface area contributed by atoms with Crippen LogP contribution in [0.4, 0.5) is 0 Å². The van der Waals surface area contributed by atoms with Gasteiger partial charge in [0.15, 0.2) is 11.5 Å². The van der Waals surface area contributed by atoms with Crippen LogP contribution < -0.4 is 5.32 Å². The number of hydrogen-bond acceptors (Lipinski definition) is 4. The molecule has 1 heterocycles. The third kappa shape index (κ3) is 3.34. The van der Waals surface area contributed by atoms with E-state index in [1.807, 2.05) is 13.8 Å². The van der Waals surface area contributed by atoms with Gasteiger partial charge in [0, 0.05) is 18.2 Å². The molecule has 0 aliphatic rings. The molecular formula is C14H16N2O3. The van der Waals surface area contributed by atoms with E-state index in [-0.39, 0.29) is 17.4 Å². The number of rotatable bonds is 4. The number of carbonyl (C=O) groups excluding carboxylic acids is 1. The molecule has 2 aromatic rings. The predicted molar refractivity (Wildman–Crippen MR) is 70.8 cm³/mol. The first-order valence-corrected chi connectivity index (χ1v) is 6.10. The second kappa shape index (κ2) is 5.56. The smallest absolute Gasteiger partial charge is 0.273 e. The third-order valence-corrected chi connectivity index (χ3v) is 2.54. The average molecular weight is 260 g/mol. The summed E-state index contributed by atoms with van der Waals surface area (Å²) in [5, 5.41) is 15.9. The van der Waals surface area contributed by atoms with E-state index in [0.717, 1.165) is 0 Å². The SMILES string of the molecule is CC(C)CNC(=O)c1cc(-c2cccc(O)c2)on1. The topological polar surface area (TPSA) is 75.4 Å². The number of aromatic hydroxyl groups is 1. The van der Waals surface area contributed by atoms with Crippen LogP contribution in [0.25, 0.3) is 11.3 Å². The Balaban J connectivity index is 2.13. The molecule has 1 aromatic carbocycles. The molecule has 0 atom stereocenters.